The number of oxime groups is 1. The molecule has 0 atom stereocenters. The average Bonchev–Trinajstić information content (AvgIpc) is 3.32. The van der Waals surface area contributed by atoms with Crippen LogP contribution in [-0.4, -0.2) is 40.6 Å². The maximum atomic E-state index is 13.1. The second kappa shape index (κ2) is 7.21. The van der Waals surface area contributed by atoms with Crippen LogP contribution in [0.3, 0.4) is 0 Å². The number of carbonyl (C=O) groups excluding carboxylic acids is 1. The maximum absolute atomic E-state index is 13.1. The fourth-order valence-corrected chi connectivity index (χ4v) is 5.52. The van der Waals surface area contributed by atoms with Gasteiger partial charge in [-0.2, -0.15) is 0 Å². The number of hydrogen-bond acceptors (Lipinski definition) is 4. The van der Waals surface area contributed by atoms with Crippen molar-refractivity contribution in [2.45, 2.75) is 50.0 Å². The highest BCUT2D eigenvalue weighted by Gasteiger charge is 2.46. The molecule has 5 rings (SSSR count). The molecule has 5 nitrogen and oxygen atoms in total. The fourth-order valence-electron chi connectivity index (χ4n) is 5.52. The molecule has 2 aromatic rings. The number of carbonyl (C=O) groups is 1. The Hall–Kier alpha value is -2.82. The van der Waals surface area contributed by atoms with Crippen molar-refractivity contribution >= 4 is 11.8 Å². The molecule has 1 heterocycles. The lowest BCUT2D eigenvalue weighted by atomic mass is 9.79. The first kappa shape index (κ1) is 18.2. The number of rotatable bonds is 2. The van der Waals surface area contributed by atoms with Crippen LogP contribution in [0.25, 0.3) is 11.1 Å². The summed E-state index contributed by atoms with van der Waals surface area (Å²) in [6, 6.07) is 16.8. The minimum Gasteiger partial charge on any atom is -0.448 e. The lowest BCUT2D eigenvalue weighted by molar-refractivity contribution is 0.0594. The van der Waals surface area contributed by atoms with Gasteiger partial charge >= 0.3 is 6.09 Å². The van der Waals surface area contributed by atoms with Gasteiger partial charge in [0.1, 0.15) is 6.61 Å². The van der Waals surface area contributed by atoms with E-state index in [2.05, 4.69) is 53.7 Å². The minimum atomic E-state index is -0.200. The molecule has 0 radical (unpaired) electrons. The Morgan fingerprint density at radius 1 is 1.03 bits per heavy atom. The first-order valence-corrected chi connectivity index (χ1v) is 10.5. The van der Waals surface area contributed by atoms with Crippen molar-refractivity contribution in [2.24, 2.45) is 5.16 Å². The lowest BCUT2D eigenvalue weighted by Gasteiger charge is -2.41. The number of hydrogen-bond donors (Lipinski definition) is 1. The van der Waals surface area contributed by atoms with E-state index < -0.39 is 0 Å². The lowest BCUT2D eigenvalue weighted by Crippen LogP contribution is -2.50. The van der Waals surface area contributed by atoms with Crippen molar-refractivity contribution in [3.05, 3.63) is 59.7 Å². The van der Waals surface area contributed by atoms with Crippen LogP contribution in [0.15, 0.2) is 53.7 Å². The van der Waals surface area contributed by atoms with Gasteiger partial charge in [-0.05, 0) is 60.8 Å². The monoisotopic (exact) mass is 390 g/mol. The number of ether oxygens (including phenoxy) is 1. The number of benzene rings is 2. The molecule has 1 N–H and O–H groups in total. The summed E-state index contributed by atoms with van der Waals surface area (Å²) in [4.78, 5) is 15.0. The molecule has 2 fully saturated rings. The summed E-state index contributed by atoms with van der Waals surface area (Å²) in [5, 5.41) is 12.4. The second-order valence-electron chi connectivity index (χ2n) is 8.45. The van der Waals surface area contributed by atoms with Crippen LogP contribution >= 0.6 is 0 Å². The molecule has 1 aliphatic heterocycles. The first-order chi connectivity index (χ1) is 14.2. The highest BCUT2D eigenvalue weighted by Crippen LogP contribution is 2.45. The molecule has 29 heavy (non-hydrogen) atoms. The summed E-state index contributed by atoms with van der Waals surface area (Å²) < 4.78 is 5.91. The Morgan fingerprint density at radius 3 is 2.28 bits per heavy atom. The first-order valence-electron chi connectivity index (χ1n) is 10.5. The normalized spacial score (nSPS) is 23.2. The molecule has 1 spiro atoms. The van der Waals surface area contributed by atoms with Gasteiger partial charge in [-0.15, -0.1) is 0 Å². The molecular formula is C24H26N2O3. The minimum absolute atomic E-state index is 0.0874. The molecule has 3 aliphatic rings. The number of likely N-dealkylation sites (tertiary alicyclic amines) is 1. The van der Waals surface area contributed by atoms with Crippen LogP contribution in [0.1, 0.15) is 55.6 Å². The van der Waals surface area contributed by atoms with E-state index in [4.69, 9.17) is 9.94 Å². The Kier molecular flexibility index (Phi) is 4.53. The second-order valence-corrected chi connectivity index (χ2v) is 8.45. The highest BCUT2D eigenvalue weighted by atomic mass is 16.6. The largest absolute Gasteiger partial charge is 0.448 e. The maximum Gasteiger partial charge on any atom is 0.410 e. The third-order valence-corrected chi connectivity index (χ3v) is 7.05. The van der Waals surface area contributed by atoms with Gasteiger partial charge in [0.25, 0.3) is 0 Å². The van der Waals surface area contributed by atoms with Crippen molar-refractivity contribution in [2.75, 3.05) is 13.2 Å². The molecule has 150 valence electrons. The van der Waals surface area contributed by atoms with E-state index in [0.717, 1.165) is 50.8 Å². The van der Waals surface area contributed by atoms with E-state index in [1.54, 1.807) is 0 Å². The molecule has 5 heteroatoms. The van der Waals surface area contributed by atoms with E-state index in [-0.39, 0.29) is 17.6 Å². The van der Waals surface area contributed by atoms with Crippen LogP contribution in [0.2, 0.25) is 0 Å². The van der Waals surface area contributed by atoms with E-state index >= 15 is 0 Å². The van der Waals surface area contributed by atoms with Crippen LogP contribution in [0.4, 0.5) is 4.79 Å². The number of nitrogens with zero attached hydrogens (tertiary/aromatic N) is 2. The smallest absolute Gasteiger partial charge is 0.410 e. The zero-order valence-corrected chi connectivity index (χ0v) is 16.5. The summed E-state index contributed by atoms with van der Waals surface area (Å²) >= 11 is 0. The third-order valence-electron chi connectivity index (χ3n) is 7.05. The topological polar surface area (TPSA) is 62.1 Å². The molecule has 0 aromatic heterocycles. The fraction of sp³-hybridized carbons (Fsp3) is 0.417. The van der Waals surface area contributed by atoms with Crippen LogP contribution in [-0.2, 0) is 4.74 Å². The zero-order chi connectivity index (χ0) is 19.8. The van der Waals surface area contributed by atoms with E-state index in [1.807, 2.05) is 4.90 Å². The van der Waals surface area contributed by atoms with Gasteiger partial charge in [-0.25, -0.2) is 4.79 Å². The van der Waals surface area contributed by atoms with E-state index in [0.29, 0.717) is 6.61 Å². The van der Waals surface area contributed by atoms with E-state index in [9.17, 15) is 4.79 Å². The van der Waals surface area contributed by atoms with Crippen LogP contribution in [0.5, 0.6) is 0 Å². The van der Waals surface area contributed by atoms with Crippen molar-refractivity contribution in [3.63, 3.8) is 0 Å². The van der Waals surface area contributed by atoms with Crippen molar-refractivity contribution in [3.8, 4) is 11.1 Å². The Morgan fingerprint density at radius 2 is 1.66 bits per heavy atom. The van der Waals surface area contributed by atoms with Crippen molar-refractivity contribution in [1.29, 1.82) is 0 Å². The number of fused-ring (bicyclic) bond motifs is 3. The molecule has 1 saturated heterocycles. The quantitative estimate of drug-likeness (QED) is 0.568. The van der Waals surface area contributed by atoms with Gasteiger partial charge in [-0.3, -0.25) is 0 Å². The molecule has 0 unspecified atom stereocenters. The highest BCUT2D eigenvalue weighted by molar-refractivity contribution is 5.85. The predicted octanol–water partition coefficient (Wildman–Crippen LogP) is 5.17. The van der Waals surface area contributed by atoms with Gasteiger partial charge in [-0.1, -0.05) is 53.7 Å². The number of amides is 1. The SMILES string of the molecule is O=C(OCC1c2ccccc2-c2ccccc21)N1CCCC12CCC(=NO)CC2. The standard InChI is InChI=1S/C24H26N2O3/c27-23(26-15-5-12-24(26)13-10-17(25-28)11-14-24)29-16-22-20-8-3-1-6-18(20)19-7-2-4-9-21(19)22/h1-4,6-9,22,28H,5,10-16H2. The Bertz CT molecular complexity index is 913. The molecule has 2 aromatic carbocycles. The molecule has 1 saturated carbocycles. The molecule has 2 aliphatic carbocycles. The average molecular weight is 390 g/mol. The van der Waals surface area contributed by atoms with Gasteiger partial charge in [0.2, 0.25) is 0 Å². The summed E-state index contributed by atoms with van der Waals surface area (Å²) in [5.41, 5.74) is 5.67. The molecular weight excluding hydrogens is 364 g/mol. The summed E-state index contributed by atoms with van der Waals surface area (Å²) in [7, 11) is 0. The van der Waals surface area contributed by atoms with Crippen molar-refractivity contribution < 1.29 is 14.7 Å². The van der Waals surface area contributed by atoms with Crippen molar-refractivity contribution in [1.82, 2.24) is 4.90 Å². The molecule has 1 amide bonds. The molecule has 0 bridgehead atoms. The summed E-state index contributed by atoms with van der Waals surface area (Å²) in [5.74, 6) is 0.0874. The van der Waals surface area contributed by atoms with Gasteiger partial charge in [0.15, 0.2) is 0 Å². The van der Waals surface area contributed by atoms with E-state index in [1.165, 1.54) is 22.3 Å². The third kappa shape index (κ3) is 3.00. The van der Waals surface area contributed by atoms with Crippen LogP contribution < -0.4 is 0 Å². The predicted molar refractivity (Wildman–Crippen MR) is 111 cm³/mol. The zero-order valence-electron chi connectivity index (χ0n) is 16.5. The van der Waals surface area contributed by atoms with Gasteiger partial charge < -0.3 is 14.8 Å². The van der Waals surface area contributed by atoms with Gasteiger partial charge in [0, 0.05) is 18.0 Å². The van der Waals surface area contributed by atoms with Crippen LogP contribution in [0, 0.1) is 0 Å². The van der Waals surface area contributed by atoms with Gasteiger partial charge in [0.05, 0.1) is 5.71 Å². The summed E-state index contributed by atoms with van der Waals surface area (Å²) in [6.45, 7) is 1.12. The summed E-state index contributed by atoms with van der Waals surface area (Å²) in [6.07, 6.45) is 5.04. The Labute approximate surface area is 171 Å². The Balaban J connectivity index is 1.32.